The molecule has 0 aliphatic carbocycles. The zero-order valence-electron chi connectivity index (χ0n) is 14.6. The lowest BCUT2D eigenvalue weighted by Crippen LogP contribution is -2.20. The summed E-state index contributed by atoms with van der Waals surface area (Å²) in [7, 11) is 0. The maximum absolute atomic E-state index is 13.6. The molecule has 0 fully saturated rings. The topological polar surface area (TPSA) is 79.9 Å². The molecule has 142 valence electrons. The molecule has 6 nitrogen and oxygen atoms in total. The minimum atomic E-state index is -0.890. The summed E-state index contributed by atoms with van der Waals surface area (Å²) < 4.78 is 32.4. The average molecular weight is 439 g/mol. The Morgan fingerprint density at radius 1 is 1.37 bits per heavy atom. The number of fused-ring (bicyclic) bond motifs is 1. The van der Waals surface area contributed by atoms with E-state index < -0.39 is 17.6 Å². The lowest BCUT2D eigenvalue weighted by molar-refractivity contribution is 0.0512. The van der Waals surface area contributed by atoms with E-state index in [0.717, 1.165) is 11.6 Å². The molecule has 1 aromatic carbocycles. The first-order valence-corrected chi connectivity index (χ1v) is 9.09. The van der Waals surface area contributed by atoms with Crippen LogP contribution in [0.5, 0.6) is 0 Å². The summed E-state index contributed by atoms with van der Waals surface area (Å²) in [4.78, 5) is 22.9. The van der Waals surface area contributed by atoms with Crippen molar-refractivity contribution in [2.24, 2.45) is 0 Å². The van der Waals surface area contributed by atoms with E-state index in [1.165, 1.54) is 12.3 Å². The van der Waals surface area contributed by atoms with E-state index in [4.69, 9.17) is 4.74 Å². The van der Waals surface area contributed by atoms with E-state index in [2.05, 4.69) is 36.2 Å². The third kappa shape index (κ3) is 4.24. The second-order valence-corrected chi connectivity index (χ2v) is 6.84. The Morgan fingerprint density at radius 2 is 2.11 bits per heavy atom. The number of nitrogens with one attached hydrogen (secondary N) is 2. The number of carbonyl (C=O) groups excluding carboxylic acids is 1. The molecule has 0 amide bonds. The molecule has 0 saturated heterocycles. The normalized spacial score (nSPS) is 12.2. The Hall–Kier alpha value is -2.55. The van der Waals surface area contributed by atoms with Crippen LogP contribution in [-0.4, -0.2) is 33.6 Å². The Kier molecular flexibility index (Phi) is 5.69. The Labute approximate surface area is 162 Å². The van der Waals surface area contributed by atoms with Gasteiger partial charge in [-0.1, -0.05) is 0 Å². The van der Waals surface area contributed by atoms with Crippen molar-refractivity contribution < 1.29 is 18.3 Å². The number of H-pyrrole nitrogens is 1. The number of anilines is 1. The summed E-state index contributed by atoms with van der Waals surface area (Å²) in [5.74, 6) is -1.98. The highest BCUT2D eigenvalue weighted by Crippen LogP contribution is 2.24. The zero-order valence-corrected chi connectivity index (χ0v) is 16.2. The molecule has 0 saturated carbocycles. The van der Waals surface area contributed by atoms with Crippen LogP contribution >= 0.6 is 15.9 Å². The first-order valence-electron chi connectivity index (χ1n) is 8.30. The third-order valence-corrected chi connectivity index (χ3v) is 4.50. The first-order chi connectivity index (χ1) is 12.9. The van der Waals surface area contributed by atoms with Crippen molar-refractivity contribution in [2.45, 2.75) is 26.3 Å². The van der Waals surface area contributed by atoms with Crippen molar-refractivity contribution in [1.29, 1.82) is 0 Å². The fourth-order valence-electron chi connectivity index (χ4n) is 2.72. The minimum absolute atomic E-state index is 0.0422. The van der Waals surface area contributed by atoms with Gasteiger partial charge in [0, 0.05) is 35.4 Å². The van der Waals surface area contributed by atoms with E-state index >= 15 is 0 Å². The van der Waals surface area contributed by atoms with Crippen LogP contribution in [0.15, 0.2) is 29.0 Å². The summed E-state index contributed by atoms with van der Waals surface area (Å²) in [6.45, 7) is 3.85. The molecular weight excluding hydrogens is 422 g/mol. The van der Waals surface area contributed by atoms with Gasteiger partial charge in [0.2, 0.25) is 5.82 Å². The molecule has 0 spiro atoms. The molecular formula is C18H17BrF2N4O2. The van der Waals surface area contributed by atoms with Crippen molar-refractivity contribution in [3.8, 4) is 0 Å². The van der Waals surface area contributed by atoms with Crippen LogP contribution in [0.4, 0.5) is 14.6 Å². The van der Waals surface area contributed by atoms with Crippen LogP contribution < -0.4 is 5.32 Å². The molecule has 1 atom stereocenters. The molecule has 2 N–H and O–H groups in total. The summed E-state index contributed by atoms with van der Waals surface area (Å²) in [6.07, 6.45) is 3.72. The van der Waals surface area contributed by atoms with Gasteiger partial charge < -0.3 is 15.0 Å². The highest BCUT2D eigenvalue weighted by molar-refractivity contribution is 9.10. The van der Waals surface area contributed by atoms with Gasteiger partial charge >= 0.3 is 5.97 Å². The van der Waals surface area contributed by atoms with Crippen LogP contribution in [0.3, 0.4) is 0 Å². The predicted molar refractivity (Wildman–Crippen MR) is 101 cm³/mol. The summed E-state index contributed by atoms with van der Waals surface area (Å²) >= 11 is 3.35. The van der Waals surface area contributed by atoms with Crippen molar-refractivity contribution in [1.82, 2.24) is 15.0 Å². The lowest BCUT2D eigenvalue weighted by atomic mass is 10.1. The van der Waals surface area contributed by atoms with Crippen molar-refractivity contribution in [3.05, 3.63) is 52.0 Å². The van der Waals surface area contributed by atoms with Gasteiger partial charge in [0.25, 0.3) is 0 Å². The fraction of sp³-hybridized carbons (Fsp3) is 0.278. The molecule has 2 aromatic heterocycles. The van der Waals surface area contributed by atoms with Gasteiger partial charge in [-0.15, -0.1) is 0 Å². The number of hydrogen-bond donors (Lipinski definition) is 2. The van der Waals surface area contributed by atoms with Crippen LogP contribution in [0.25, 0.3) is 10.9 Å². The zero-order chi connectivity index (χ0) is 19.6. The predicted octanol–water partition coefficient (Wildman–Crippen LogP) is 4.22. The molecule has 0 bridgehead atoms. The van der Waals surface area contributed by atoms with Gasteiger partial charge in [0.15, 0.2) is 11.6 Å². The number of nitrogens with zero attached hydrogens (tertiary/aromatic N) is 2. The first kappa shape index (κ1) is 19.2. The molecule has 3 rings (SSSR count). The molecule has 27 heavy (non-hydrogen) atoms. The van der Waals surface area contributed by atoms with Gasteiger partial charge in [0.1, 0.15) is 5.82 Å². The number of carbonyl (C=O) groups is 1. The second kappa shape index (κ2) is 7.99. The quantitative estimate of drug-likeness (QED) is 0.563. The number of ether oxygens (including phenoxy) is 1. The second-order valence-electron chi connectivity index (χ2n) is 5.99. The van der Waals surface area contributed by atoms with Crippen molar-refractivity contribution in [2.75, 3.05) is 11.9 Å². The largest absolute Gasteiger partial charge is 0.460 e. The molecule has 0 radical (unpaired) electrons. The van der Waals surface area contributed by atoms with E-state index in [9.17, 15) is 13.6 Å². The van der Waals surface area contributed by atoms with E-state index in [1.807, 2.05) is 6.92 Å². The van der Waals surface area contributed by atoms with Crippen molar-refractivity contribution >= 4 is 38.6 Å². The van der Waals surface area contributed by atoms with Gasteiger partial charge in [0.05, 0.1) is 11.1 Å². The number of esters is 1. The number of hydrogen-bond acceptors (Lipinski definition) is 5. The average Bonchev–Trinajstić information content (AvgIpc) is 2.99. The van der Waals surface area contributed by atoms with Crippen LogP contribution in [0, 0.1) is 11.6 Å². The van der Waals surface area contributed by atoms with E-state index in [0.29, 0.717) is 27.6 Å². The number of halogens is 3. The summed E-state index contributed by atoms with van der Waals surface area (Å²) in [6, 6.07) is 2.21. The molecule has 2 heterocycles. The van der Waals surface area contributed by atoms with Gasteiger partial charge in [-0.2, -0.15) is 0 Å². The minimum Gasteiger partial charge on any atom is -0.460 e. The fourth-order valence-corrected chi connectivity index (χ4v) is 3.03. The van der Waals surface area contributed by atoms with Crippen molar-refractivity contribution in [3.63, 3.8) is 0 Å². The summed E-state index contributed by atoms with van der Waals surface area (Å²) in [5, 5.41) is 3.81. The maximum atomic E-state index is 13.6. The van der Waals surface area contributed by atoms with E-state index in [-0.39, 0.29) is 18.5 Å². The Morgan fingerprint density at radius 3 is 2.85 bits per heavy atom. The number of aromatic amines is 1. The molecule has 3 aromatic rings. The smallest absolute Gasteiger partial charge is 0.376 e. The SMILES string of the molecule is CCOC(=O)c1ncc(Br)c(NC(C)Cc2c[nH]c3cc(F)c(F)cc23)n1. The number of aromatic nitrogens is 3. The molecule has 0 aliphatic heterocycles. The van der Waals surface area contributed by atoms with Crippen LogP contribution in [0.1, 0.15) is 30.0 Å². The highest BCUT2D eigenvalue weighted by Gasteiger charge is 2.16. The van der Waals surface area contributed by atoms with Gasteiger partial charge in [-0.3, -0.25) is 0 Å². The Bertz CT molecular complexity index is 993. The molecule has 9 heteroatoms. The molecule has 0 aliphatic rings. The Balaban J connectivity index is 1.78. The maximum Gasteiger partial charge on any atom is 0.376 e. The van der Waals surface area contributed by atoms with Gasteiger partial charge in [-0.05, 0) is 47.8 Å². The van der Waals surface area contributed by atoms with Crippen LogP contribution in [-0.2, 0) is 11.2 Å². The highest BCUT2D eigenvalue weighted by atomic mass is 79.9. The standard InChI is InChI=1S/C18H17BrF2N4O2/c1-3-27-18(26)17-23-8-12(19)16(25-17)24-9(2)4-10-7-22-15-6-14(21)13(20)5-11(10)15/h5-9,22H,3-4H2,1-2H3,(H,23,24,25). The summed E-state index contributed by atoms with van der Waals surface area (Å²) in [5.41, 5.74) is 1.36. The van der Waals surface area contributed by atoms with E-state index in [1.54, 1.807) is 13.1 Å². The molecule has 1 unspecified atom stereocenters. The third-order valence-electron chi connectivity index (χ3n) is 3.92. The lowest BCUT2D eigenvalue weighted by Gasteiger charge is -2.15. The van der Waals surface area contributed by atoms with Crippen LogP contribution in [0.2, 0.25) is 0 Å². The number of benzene rings is 1. The monoisotopic (exact) mass is 438 g/mol. The number of rotatable bonds is 6. The van der Waals surface area contributed by atoms with Gasteiger partial charge in [-0.25, -0.2) is 23.5 Å².